The number of carbonyl (C=O) groups excluding carboxylic acids is 1. The van der Waals surface area contributed by atoms with Gasteiger partial charge in [-0.2, -0.15) is 0 Å². The average Bonchev–Trinajstić information content (AvgIpc) is 2.44. The lowest BCUT2D eigenvalue weighted by Crippen LogP contribution is -2.38. The highest BCUT2D eigenvalue weighted by atomic mass is 79.9. The fraction of sp³-hybridized carbons (Fsp3) is 0.562. The van der Waals surface area contributed by atoms with Crippen LogP contribution in [0, 0.1) is 12.8 Å². The van der Waals surface area contributed by atoms with Crippen molar-refractivity contribution in [2.75, 3.05) is 26.2 Å². The van der Waals surface area contributed by atoms with Gasteiger partial charge in [0, 0.05) is 16.6 Å². The number of piperidine rings is 1. The molecule has 0 radical (unpaired) electrons. The molecule has 1 saturated heterocycles. The molecule has 110 valence electrons. The zero-order valence-corrected chi connectivity index (χ0v) is 13.9. The second kappa shape index (κ2) is 7.23. The molecule has 3 nitrogen and oxygen atoms in total. The number of nitrogens with zero attached hydrogens (tertiary/aromatic N) is 1. The standard InChI is InChI=1S/C16H23BrN2O/c1-3-19-6-4-13(5-7-19)11-18-16(20)14-8-12(2)9-15(17)10-14/h8-10,13H,3-7,11H2,1-2H3,(H,18,20). The topological polar surface area (TPSA) is 32.3 Å². The van der Waals surface area contributed by atoms with Crippen molar-refractivity contribution < 1.29 is 4.79 Å². The van der Waals surface area contributed by atoms with Crippen molar-refractivity contribution in [1.82, 2.24) is 10.2 Å². The van der Waals surface area contributed by atoms with Crippen LogP contribution in [0.3, 0.4) is 0 Å². The minimum absolute atomic E-state index is 0.0346. The van der Waals surface area contributed by atoms with E-state index in [2.05, 4.69) is 33.1 Å². The second-order valence-electron chi connectivity index (χ2n) is 5.60. The molecule has 2 rings (SSSR count). The largest absolute Gasteiger partial charge is 0.352 e. The monoisotopic (exact) mass is 338 g/mol. The number of amides is 1. The third-order valence-corrected chi connectivity index (χ3v) is 4.47. The zero-order chi connectivity index (χ0) is 14.5. The fourth-order valence-electron chi connectivity index (χ4n) is 2.71. The number of hydrogen-bond donors (Lipinski definition) is 1. The minimum atomic E-state index is 0.0346. The molecule has 1 N–H and O–H groups in total. The summed E-state index contributed by atoms with van der Waals surface area (Å²) < 4.78 is 0.957. The van der Waals surface area contributed by atoms with Crippen molar-refractivity contribution >= 4 is 21.8 Å². The molecule has 0 aliphatic carbocycles. The SMILES string of the molecule is CCN1CCC(CNC(=O)c2cc(C)cc(Br)c2)CC1. The summed E-state index contributed by atoms with van der Waals surface area (Å²) in [5.41, 5.74) is 1.84. The molecular formula is C16H23BrN2O. The van der Waals surface area contributed by atoms with Crippen LogP contribution in [0.4, 0.5) is 0 Å². The quantitative estimate of drug-likeness (QED) is 0.914. The van der Waals surface area contributed by atoms with E-state index in [1.165, 1.54) is 12.8 Å². The van der Waals surface area contributed by atoms with Gasteiger partial charge in [-0.25, -0.2) is 0 Å². The van der Waals surface area contributed by atoms with Crippen LogP contribution in [0.15, 0.2) is 22.7 Å². The average molecular weight is 339 g/mol. The van der Waals surface area contributed by atoms with Gasteiger partial charge in [0.15, 0.2) is 0 Å². The summed E-state index contributed by atoms with van der Waals surface area (Å²) in [4.78, 5) is 14.6. The van der Waals surface area contributed by atoms with E-state index in [1.807, 2.05) is 25.1 Å². The summed E-state index contributed by atoms with van der Waals surface area (Å²) in [5, 5.41) is 3.08. The molecule has 1 aliphatic heterocycles. The highest BCUT2D eigenvalue weighted by Gasteiger charge is 2.18. The Labute approximate surface area is 129 Å². The summed E-state index contributed by atoms with van der Waals surface area (Å²) in [6, 6.07) is 5.82. The molecule has 0 atom stereocenters. The number of likely N-dealkylation sites (tertiary alicyclic amines) is 1. The predicted molar refractivity (Wildman–Crippen MR) is 86.1 cm³/mol. The molecule has 1 heterocycles. The van der Waals surface area contributed by atoms with E-state index in [4.69, 9.17) is 0 Å². The lowest BCUT2D eigenvalue weighted by Gasteiger charge is -2.31. The number of halogens is 1. The molecule has 0 spiro atoms. The normalized spacial score (nSPS) is 17.1. The van der Waals surface area contributed by atoms with Crippen molar-refractivity contribution in [1.29, 1.82) is 0 Å². The van der Waals surface area contributed by atoms with E-state index in [0.717, 1.165) is 41.8 Å². The Hall–Kier alpha value is -0.870. The molecule has 20 heavy (non-hydrogen) atoms. The number of benzene rings is 1. The summed E-state index contributed by atoms with van der Waals surface area (Å²) in [7, 11) is 0. The van der Waals surface area contributed by atoms with Crippen molar-refractivity contribution in [3.8, 4) is 0 Å². The number of aryl methyl sites for hydroxylation is 1. The van der Waals surface area contributed by atoms with E-state index in [-0.39, 0.29) is 5.91 Å². The van der Waals surface area contributed by atoms with Gasteiger partial charge in [0.2, 0.25) is 0 Å². The summed E-state index contributed by atoms with van der Waals surface area (Å²) >= 11 is 3.44. The van der Waals surface area contributed by atoms with Crippen molar-refractivity contribution in [2.45, 2.75) is 26.7 Å². The van der Waals surface area contributed by atoms with Gasteiger partial charge in [-0.15, -0.1) is 0 Å². The first-order valence-corrected chi connectivity index (χ1v) is 8.15. The van der Waals surface area contributed by atoms with E-state index >= 15 is 0 Å². The first-order valence-electron chi connectivity index (χ1n) is 7.36. The molecule has 0 aromatic heterocycles. The maximum absolute atomic E-state index is 12.2. The third kappa shape index (κ3) is 4.32. The summed E-state index contributed by atoms with van der Waals surface area (Å²) in [6.07, 6.45) is 2.37. The smallest absolute Gasteiger partial charge is 0.251 e. The van der Waals surface area contributed by atoms with Crippen LogP contribution in [0.5, 0.6) is 0 Å². The van der Waals surface area contributed by atoms with Gasteiger partial charge in [-0.1, -0.05) is 22.9 Å². The Morgan fingerprint density at radius 2 is 2.05 bits per heavy atom. The van der Waals surface area contributed by atoms with E-state index in [9.17, 15) is 4.79 Å². The fourth-order valence-corrected chi connectivity index (χ4v) is 3.32. The molecule has 4 heteroatoms. The van der Waals surface area contributed by atoms with Crippen molar-refractivity contribution in [2.24, 2.45) is 5.92 Å². The highest BCUT2D eigenvalue weighted by Crippen LogP contribution is 2.17. The highest BCUT2D eigenvalue weighted by molar-refractivity contribution is 9.10. The number of carbonyl (C=O) groups is 1. The molecule has 1 aliphatic rings. The molecule has 0 unspecified atom stereocenters. The van der Waals surface area contributed by atoms with E-state index in [0.29, 0.717) is 5.92 Å². The van der Waals surface area contributed by atoms with Crippen molar-refractivity contribution in [3.05, 3.63) is 33.8 Å². The number of nitrogens with one attached hydrogen (secondary N) is 1. The van der Waals surface area contributed by atoms with Crippen LogP contribution in [0.1, 0.15) is 35.7 Å². The Morgan fingerprint density at radius 1 is 1.35 bits per heavy atom. The minimum Gasteiger partial charge on any atom is -0.352 e. The molecule has 0 saturated carbocycles. The zero-order valence-electron chi connectivity index (χ0n) is 12.3. The molecule has 1 amide bonds. The van der Waals surface area contributed by atoms with Crippen LogP contribution in [-0.4, -0.2) is 37.0 Å². The van der Waals surface area contributed by atoms with Gasteiger partial charge in [0.25, 0.3) is 5.91 Å². The van der Waals surface area contributed by atoms with Crippen molar-refractivity contribution in [3.63, 3.8) is 0 Å². The Bertz CT molecular complexity index is 447. The summed E-state index contributed by atoms with van der Waals surface area (Å²) in [5.74, 6) is 0.655. The lowest BCUT2D eigenvalue weighted by atomic mass is 9.96. The Morgan fingerprint density at radius 3 is 2.65 bits per heavy atom. The van der Waals surface area contributed by atoms with Gasteiger partial charge >= 0.3 is 0 Å². The molecule has 1 fully saturated rings. The third-order valence-electron chi connectivity index (χ3n) is 4.01. The molecule has 1 aromatic rings. The maximum atomic E-state index is 12.2. The predicted octanol–water partition coefficient (Wildman–Crippen LogP) is 3.22. The molecular weight excluding hydrogens is 316 g/mol. The van der Waals surface area contributed by atoms with Crippen LogP contribution < -0.4 is 5.32 Å². The summed E-state index contributed by atoms with van der Waals surface area (Å²) in [6.45, 7) is 8.46. The van der Waals surface area contributed by atoms with Gasteiger partial charge in [-0.3, -0.25) is 4.79 Å². The Balaban J connectivity index is 1.83. The van der Waals surface area contributed by atoms with Crippen LogP contribution in [0.2, 0.25) is 0 Å². The number of rotatable bonds is 4. The van der Waals surface area contributed by atoms with Crippen LogP contribution in [-0.2, 0) is 0 Å². The van der Waals surface area contributed by atoms with Crippen LogP contribution in [0.25, 0.3) is 0 Å². The Kier molecular flexibility index (Phi) is 5.61. The number of hydrogen-bond acceptors (Lipinski definition) is 2. The first kappa shape index (κ1) is 15.5. The van der Waals surface area contributed by atoms with E-state index < -0.39 is 0 Å². The molecule has 0 bridgehead atoms. The van der Waals surface area contributed by atoms with Gasteiger partial charge in [0.1, 0.15) is 0 Å². The second-order valence-corrected chi connectivity index (χ2v) is 6.52. The maximum Gasteiger partial charge on any atom is 0.251 e. The lowest BCUT2D eigenvalue weighted by molar-refractivity contribution is 0.0936. The molecule has 1 aromatic carbocycles. The van der Waals surface area contributed by atoms with Gasteiger partial charge in [-0.05, 0) is 69.1 Å². The van der Waals surface area contributed by atoms with Gasteiger partial charge in [0.05, 0.1) is 0 Å². The van der Waals surface area contributed by atoms with Crippen LogP contribution >= 0.6 is 15.9 Å². The first-order chi connectivity index (χ1) is 9.58. The van der Waals surface area contributed by atoms with E-state index in [1.54, 1.807) is 0 Å². The van der Waals surface area contributed by atoms with Gasteiger partial charge < -0.3 is 10.2 Å².